The van der Waals surface area contributed by atoms with Crippen molar-refractivity contribution in [2.45, 2.75) is 90.6 Å². The van der Waals surface area contributed by atoms with E-state index >= 15 is 0 Å². The van der Waals surface area contributed by atoms with Crippen molar-refractivity contribution in [2.24, 2.45) is 11.8 Å². The van der Waals surface area contributed by atoms with Gasteiger partial charge < -0.3 is 10.6 Å². The molecule has 1 aromatic rings. The van der Waals surface area contributed by atoms with Crippen LogP contribution in [-0.2, 0) is 13.0 Å². The summed E-state index contributed by atoms with van der Waals surface area (Å²) in [6, 6.07) is 3.95. The predicted molar refractivity (Wildman–Crippen MR) is 135 cm³/mol. The SMILES string of the molecule is C=C(CC1CCC1)/C(=C/NCc1ccc(CCC(F)(F)C(C)C)nc1)C(/C=C\CCC)NC. The van der Waals surface area contributed by atoms with Crippen LogP contribution >= 0.6 is 0 Å². The van der Waals surface area contributed by atoms with E-state index in [0.717, 1.165) is 30.7 Å². The van der Waals surface area contributed by atoms with Crippen LogP contribution < -0.4 is 10.6 Å². The molecule has 1 aliphatic rings. The molecule has 1 aromatic heterocycles. The van der Waals surface area contributed by atoms with Crippen molar-refractivity contribution in [3.8, 4) is 0 Å². The minimum absolute atomic E-state index is 0.125. The number of halogens is 2. The third kappa shape index (κ3) is 9.04. The maximum Gasteiger partial charge on any atom is 0.250 e. The fraction of sp³-hybridized carbons (Fsp3) is 0.607. The molecular formula is C28H43F2N3. The van der Waals surface area contributed by atoms with Gasteiger partial charge in [0.1, 0.15) is 0 Å². The molecule has 5 heteroatoms. The molecule has 0 saturated heterocycles. The smallest absolute Gasteiger partial charge is 0.250 e. The van der Waals surface area contributed by atoms with Crippen LogP contribution in [0.5, 0.6) is 0 Å². The highest BCUT2D eigenvalue weighted by atomic mass is 19.3. The zero-order valence-corrected chi connectivity index (χ0v) is 21.0. The van der Waals surface area contributed by atoms with Gasteiger partial charge in [-0.1, -0.05) is 71.3 Å². The quantitative estimate of drug-likeness (QED) is 0.220. The molecule has 2 rings (SSSR count). The molecule has 0 aromatic carbocycles. The molecule has 184 valence electrons. The average Bonchev–Trinajstić information content (AvgIpc) is 2.76. The number of hydrogen-bond acceptors (Lipinski definition) is 3. The Balaban J connectivity index is 1.99. The number of likely N-dealkylation sites (N-methyl/N-ethyl adjacent to an activating group) is 1. The van der Waals surface area contributed by atoms with E-state index < -0.39 is 11.8 Å². The van der Waals surface area contributed by atoms with Crippen molar-refractivity contribution in [1.29, 1.82) is 0 Å². The van der Waals surface area contributed by atoms with Crippen molar-refractivity contribution >= 4 is 0 Å². The average molecular weight is 460 g/mol. The summed E-state index contributed by atoms with van der Waals surface area (Å²) >= 11 is 0. The van der Waals surface area contributed by atoms with Crippen LogP contribution in [0.4, 0.5) is 8.78 Å². The van der Waals surface area contributed by atoms with Crippen LogP contribution in [0.1, 0.15) is 77.0 Å². The van der Waals surface area contributed by atoms with Gasteiger partial charge in [0.2, 0.25) is 0 Å². The number of aryl methyl sites for hydroxylation is 1. The largest absolute Gasteiger partial charge is 0.386 e. The number of unbranched alkanes of at least 4 members (excludes halogenated alkanes) is 1. The van der Waals surface area contributed by atoms with Crippen molar-refractivity contribution in [3.05, 3.63) is 65.7 Å². The number of rotatable bonds is 15. The van der Waals surface area contributed by atoms with Gasteiger partial charge in [0.25, 0.3) is 5.92 Å². The Morgan fingerprint density at radius 3 is 2.61 bits per heavy atom. The molecule has 1 aliphatic carbocycles. The second kappa shape index (κ2) is 13.6. The molecule has 1 fully saturated rings. The summed E-state index contributed by atoms with van der Waals surface area (Å²) in [6.45, 7) is 10.3. The second-order valence-corrected chi connectivity index (χ2v) is 9.64. The Kier molecular flexibility index (Phi) is 11.3. The fourth-order valence-electron chi connectivity index (χ4n) is 3.90. The lowest BCUT2D eigenvalue weighted by molar-refractivity contribution is -0.0519. The first kappa shape index (κ1) is 27.2. The van der Waals surface area contributed by atoms with Crippen molar-refractivity contribution in [1.82, 2.24) is 15.6 Å². The highest BCUT2D eigenvalue weighted by Gasteiger charge is 2.32. The van der Waals surface area contributed by atoms with Gasteiger partial charge in [-0.25, -0.2) is 8.78 Å². The molecule has 0 amide bonds. The molecule has 0 radical (unpaired) electrons. The first-order valence-electron chi connectivity index (χ1n) is 12.5. The highest BCUT2D eigenvalue weighted by molar-refractivity contribution is 5.36. The number of alkyl halides is 2. The van der Waals surface area contributed by atoms with Crippen LogP contribution in [0.25, 0.3) is 0 Å². The van der Waals surface area contributed by atoms with Gasteiger partial charge in [0.15, 0.2) is 0 Å². The van der Waals surface area contributed by atoms with Gasteiger partial charge in [0, 0.05) is 37.0 Å². The predicted octanol–water partition coefficient (Wildman–Crippen LogP) is 6.97. The maximum atomic E-state index is 13.9. The van der Waals surface area contributed by atoms with Gasteiger partial charge in [-0.2, -0.15) is 0 Å². The Hall–Kier alpha value is -2.01. The van der Waals surface area contributed by atoms with E-state index in [1.165, 1.54) is 30.4 Å². The van der Waals surface area contributed by atoms with Crippen LogP contribution in [0, 0.1) is 11.8 Å². The highest BCUT2D eigenvalue weighted by Crippen LogP contribution is 2.34. The first-order valence-corrected chi connectivity index (χ1v) is 12.5. The summed E-state index contributed by atoms with van der Waals surface area (Å²) in [5.41, 5.74) is 4.11. The lowest BCUT2D eigenvalue weighted by Gasteiger charge is -2.28. The van der Waals surface area contributed by atoms with E-state index in [0.29, 0.717) is 12.2 Å². The van der Waals surface area contributed by atoms with Crippen LogP contribution in [0.15, 0.2) is 54.4 Å². The normalized spacial score (nSPS) is 16.3. The third-order valence-corrected chi connectivity index (χ3v) is 6.61. The Bertz CT molecular complexity index is 777. The van der Waals surface area contributed by atoms with Crippen LogP contribution in [0.2, 0.25) is 0 Å². The number of pyridine rings is 1. The molecule has 3 nitrogen and oxygen atoms in total. The lowest BCUT2D eigenvalue weighted by atomic mass is 9.79. The monoisotopic (exact) mass is 459 g/mol. The van der Waals surface area contributed by atoms with Crippen LogP contribution in [-0.4, -0.2) is 24.0 Å². The topological polar surface area (TPSA) is 37.0 Å². The van der Waals surface area contributed by atoms with Gasteiger partial charge in [-0.05, 0) is 55.0 Å². The number of allylic oxidation sites excluding steroid dienone is 1. The molecule has 1 heterocycles. The van der Waals surface area contributed by atoms with Gasteiger partial charge in [-0.15, -0.1) is 0 Å². The summed E-state index contributed by atoms with van der Waals surface area (Å²) in [7, 11) is 1.98. The zero-order valence-electron chi connectivity index (χ0n) is 21.0. The van der Waals surface area contributed by atoms with E-state index in [2.05, 4.69) is 47.5 Å². The molecule has 33 heavy (non-hydrogen) atoms. The Morgan fingerprint density at radius 1 is 1.30 bits per heavy atom. The van der Waals surface area contributed by atoms with Crippen molar-refractivity contribution in [3.63, 3.8) is 0 Å². The number of nitrogens with one attached hydrogen (secondary N) is 2. The molecule has 1 saturated carbocycles. The molecule has 0 spiro atoms. The molecular weight excluding hydrogens is 416 g/mol. The molecule has 0 bridgehead atoms. The van der Waals surface area contributed by atoms with E-state index in [1.807, 2.05) is 19.2 Å². The third-order valence-electron chi connectivity index (χ3n) is 6.61. The lowest BCUT2D eigenvalue weighted by Crippen LogP contribution is -2.28. The fourth-order valence-corrected chi connectivity index (χ4v) is 3.90. The summed E-state index contributed by atoms with van der Waals surface area (Å²) in [5, 5.41) is 6.84. The van der Waals surface area contributed by atoms with Crippen LogP contribution in [0.3, 0.4) is 0 Å². The number of aromatic nitrogens is 1. The van der Waals surface area contributed by atoms with E-state index in [4.69, 9.17) is 0 Å². The summed E-state index contributed by atoms with van der Waals surface area (Å²) < 4.78 is 27.7. The summed E-state index contributed by atoms with van der Waals surface area (Å²) in [4.78, 5) is 4.40. The van der Waals surface area contributed by atoms with E-state index in [1.54, 1.807) is 20.0 Å². The molecule has 1 atom stereocenters. The molecule has 0 aliphatic heterocycles. The minimum Gasteiger partial charge on any atom is -0.386 e. The Labute approximate surface area is 199 Å². The van der Waals surface area contributed by atoms with Crippen molar-refractivity contribution < 1.29 is 8.78 Å². The number of hydrogen-bond donors (Lipinski definition) is 2. The maximum absolute atomic E-state index is 13.9. The molecule has 2 N–H and O–H groups in total. The first-order chi connectivity index (χ1) is 15.8. The zero-order chi connectivity index (χ0) is 24.3. The minimum atomic E-state index is -2.65. The summed E-state index contributed by atoms with van der Waals surface area (Å²) in [6.07, 6.45) is 15.6. The van der Waals surface area contributed by atoms with Gasteiger partial charge >= 0.3 is 0 Å². The standard InChI is InChI=1S/C28H43F2N3/c1-6-7-8-12-27(31-5)26(22(4)17-23-10-9-11-23)20-32-18-24-13-14-25(33-19-24)15-16-28(29,30)21(2)3/h8,12-14,19-21,23,27,31-32H,4,6-7,9-11,15-18H2,1-3,5H3/b12-8-,26-20-. The van der Waals surface area contributed by atoms with E-state index in [9.17, 15) is 8.78 Å². The van der Waals surface area contributed by atoms with Gasteiger partial charge in [-0.3, -0.25) is 4.98 Å². The Morgan fingerprint density at radius 2 is 2.06 bits per heavy atom. The molecule has 1 unspecified atom stereocenters. The number of nitrogens with zero attached hydrogens (tertiary/aromatic N) is 1. The summed E-state index contributed by atoms with van der Waals surface area (Å²) in [5.74, 6) is -2.54. The second-order valence-electron chi connectivity index (χ2n) is 9.64. The van der Waals surface area contributed by atoms with Gasteiger partial charge in [0.05, 0.1) is 6.04 Å². The van der Waals surface area contributed by atoms with Crippen molar-refractivity contribution in [2.75, 3.05) is 7.05 Å². The van der Waals surface area contributed by atoms with E-state index in [-0.39, 0.29) is 18.9 Å².